The van der Waals surface area contributed by atoms with Gasteiger partial charge in [0.25, 0.3) is 0 Å². The van der Waals surface area contributed by atoms with Gasteiger partial charge in [-0.1, -0.05) is 12.2 Å². The van der Waals surface area contributed by atoms with E-state index < -0.39 is 5.41 Å². The molecule has 2 fully saturated rings. The van der Waals surface area contributed by atoms with E-state index in [0.29, 0.717) is 6.61 Å². The van der Waals surface area contributed by atoms with Crippen molar-refractivity contribution in [2.45, 2.75) is 45.2 Å². The molecule has 2 saturated heterocycles. The number of ether oxygens (including phenoxy) is 3. The molecule has 3 rings (SSSR count). The van der Waals surface area contributed by atoms with E-state index in [0.717, 1.165) is 12.8 Å². The van der Waals surface area contributed by atoms with E-state index in [1.54, 1.807) is 0 Å². The van der Waals surface area contributed by atoms with Crippen LogP contribution in [0.25, 0.3) is 0 Å². The van der Waals surface area contributed by atoms with Crippen LogP contribution >= 0.6 is 0 Å². The first-order chi connectivity index (χ1) is 8.11. The summed E-state index contributed by atoms with van der Waals surface area (Å²) in [7, 11) is 0. The molecule has 0 saturated carbocycles. The highest BCUT2D eigenvalue weighted by atomic mass is 16.7. The zero-order chi connectivity index (χ0) is 12.0. The number of carbonyl (C=O) groups excluding carboxylic acids is 1. The molecule has 3 aliphatic rings. The van der Waals surface area contributed by atoms with Crippen molar-refractivity contribution in [3.05, 3.63) is 12.2 Å². The first-order valence-corrected chi connectivity index (χ1v) is 6.26. The van der Waals surface area contributed by atoms with Crippen LogP contribution in [-0.4, -0.2) is 31.1 Å². The quantitative estimate of drug-likeness (QED) is 0.475. The van der Waals surface area contributed by atoms with Crippen LogP contribution in [0.15, 0.2) is 12.2 Å². The molecule has 2 aliphatic heterocycles. The maximum absolute atomic E-state index is 12.1. The fraction of sp³-hybridized carbons (Fsp3) is 0.769. The summed E-state index contributed by atoms with van der Waals surface area (Å²) < 4.78 is 16.7. The van der Waals surface area contributed by atoms with Crippen LogP contribution in [0.1, 0.15) is 26.7 Å². The Bertz CT molecular complexity index is 364. The Morgan fingerprint density at radius 2 is 2.29 bits per heavy atom. The second-order valence-electron chi connectivity index (χ2n) is 5.36. The highest BCUT2D eigenvalue weighted by Crippen LogP contribution is 2.47. The molecule has 5 atom stereocenters. The molecule has 1 aliphatic carbocycles. The summed E-state index contributed by atoms with van der Waals surface area (Å²) in [5.74, 6) is 0.0173. The first-order valence-electron chi connectivity index (χ1n) is 6.26. The van der Waals surface area contributed by atoms with E-state index in [9.17, 15) is 4.79 Å². The standard InChI is InChI=1S/C13H18O4/c1-8-15-7-10-11(16-8)9-5-3-4-6-13(9,2)12(14)17-10/h3,5,8-11H,4,6-7H2,1-2H3/t8-,9-,10-,11+,13-/m1/s1. The molecule has 4 heteroatoms. The van der Waals surface area contributed by atoms with Crippen LogP contribution < -0.4 is 0 Å². The van der Waals surface area contributed by atoms with Gasteiger partial charge in [0, 0.05) is 5.92 Å². The number of hydrogen-bond donors (Lipinski definition) is 0. The molecule has 4 nitrogen and oxygen atoms in total. The van der Waals surface area contributed by atoms with Gasteiger partial charge in [-0.05, 0) is 26.7 Å². The Kier molecular flexibility index (Phi) is 2.52. The number of rotatable bonds is 0. The van der Waals surface area contributed by atoms with E-state index in [-0.39, 0.29) is 30.4 Å². The van der Waals surface area contributed by atoms with E-state index in [2.05, 4.69) is 12.2 Å². The lowest BCUT2D eigenvalue weighted by Gasteiger charge is -2.50. The molecule has 0 bridgehead atoms. The van der Waals surface area contributed by atoms with Crippen molar-refractivity contribution in [2.75, 3.05) is 6.61 Å². The number of esters is 1. The van der Waals surface area contributed by atoms with E-state index >= 15 is 0 Å². The smallest absolute Gasteiger partial charge is 0.312 e. The van der Waals surface area contributed by atoms with Crippen molar-refractivity contribution in [1.82, 2.24) is 0 Å². The van der Waals surface area contributed by atoms with Crippen LogP contribution in [0.5, 0.6) is 0 Å². The van der Waals surface area contributed by atoms with Crippen molar-refractivity contribution in [1.29, 1.82) is 0 Å². The lowest BCUT2D eigenvalue weighted by atomic mass is 9.66. The number of hydrogen-bond acceptors (Lipinski definition) is 4. The third-order valence-corrected chi connectivity index (χ3v) is 4.20. The van der Waals surface area contributed by atoms with Gasteiger partial charge in [0.2, 0.25) is 0 Å². The summed E-state index contributed by atoms with van der Waals surface area (Å²) in [6.07, 6.45) is 5.52. The van der Waals surface area contributed by atoms with Gasteiger partial charge in [-0.2, -0.15) is 0 Å². The normalized spacial score (nSPS) is 49.2. The largest absolute Gasteiger partial charge is 0.457 e. The Labute approximate surface area is 101 Å². The first kappa shape index (κ1) is 11.2. The Hall–Kier alpha value is -0.870. The van der Waals surface area contributed by atoms with Crippen LogP contribution in [0.3, 0.4) is 0 Å². The lowest BCUT2D eigenvalue weighted by Crippen LogP contribution is -2.60. The SMILES string of the molecule is C[C@@H]1OC[C@H]2OC(=O)[C@]3(C)CCC=C[C@@H]3[C@@H]2O1. The minimum absolute atomic E-state index is 0.0574. The van der Waals surface area contributed by atoms with Crippen molar-refractivity contribution in [3.63, 3.8) is 0 Å². The maximum atomic E-state index is 12.1. The van der Waals surface area contributed by atoms with E-state index in [1.807, 2.05) is 13.8 Å². The van der Waals surface area contributed by atoms with Gasteiger partial charge in [0.15, 0.2) is 12.4 Å². The van der Waals surface area contributed by atoms with Crippen molar-refractivity contribution in [2.24, 2.45) is 11.3 Å². The lowest BCUT2D eigenvalue weighted by molar-refractivity contribution is -0.284. The molecule has 0 aromatic carbocycles. The Morgan fingerprint density at radius 3 is 3.12 bits per heavy atom. The molecular weight excluding hydrogens is 220 g/mol. The summed E-state index contributed by atoms with van der Waals surface area (Å²) in [5.41, 5.74) is -0.424. The Balaban J connectivity index is 1.94. The minimum Gasteiger partial charge on any atom is -0.457 e. The van der Waals surface area contributed by atoms with Crippen LogP contribution in [0, 0.1) is 11.3 Å². The fourth-order valence-electron chi connectivity index (χ4n) is 3.08. The molecule has 17 heavy (non-hydrogen) atoms. The predicted octanol–water partition coefficient (Wildman–Crippen LogP) is 1.65. The average Bonchev–Trinajstić information content (AvgIpc) is 2.31. The summed E-state index contributed by atoms with van der Waals surface area (Å²) in [6, 6.07) is 0. The molecular formula is C13H18O4. The van der Waals surface area contributed by atoms with Crippen LogP contribution in [0.2, 0.25) is 0 Å². The Morgan fingerprint density at radius 1 is 1.47 bits per heavy atom. The number of fused-ring (bicyclic) bond motifs is 3. The summed E-state index contributed by atoms with van der Waals surface area (Å²) in [4.78, 5) is 12.1. The molecule has 0 aromatic heterocycles. The molecule has 0 radical (unpaired) electrons. The highest BCUT2D eigenvalue weighted by molar-refractivity contribution is 5.78. The highest BCUT2D eigenvalue weighted by Gasteiger charge is 2.55. The van der Waals surface area contributed by atoms with Crippen molar-refractivity contribution in [3.8, 4) is 0 Å². The minimum atomic E-state index is -0.424. The van der Waals surface area contributed by atoms with Crippen LogP contribution in [-0.2, 0) is 19.0 Å². The number of allylic oxidation sites excluding steroid dienone is 1. The summed E-state index contributed by atoms with van der Waals surface area (Å²) in [5, 5.41) is 0. The maximum Gasteiger partial charge on any atom is 0.312 e. The van der Waals surface area contributed by atoms with Gasteiger partial charge < -0.3 is 14.2 Å². The monoisotopic (exact) mass is 238 g/mol. The van der Waals surface area contributed by atoms with Crippen LogP contribution in [0.4, 0.5) is 0 Å². The van der Waals surface area contributed by atoms with Crippen molar-refractivity contribution >= 4 is 5.97 Å². The average molecular weight is 238 g/mol. The second kappa shape index (κ2) is 3.82. The second-order valence-corrected chi connectivity index (χ2v) is 5.36. The molecule has 0 N–H and O–H groups in total. The van der Waals surface area contributed by atoms with E-state index in [1.165, 1.54) is 0 Å². The molecule has 0 aromatic rings. The third kappa shape index (κ3) is 1.62. The molecule has 0 spiro atoms. The molecule has 2 heterocycles. The molecule has 94 valence electrons. The van der Waals surface area contributed by atoms with Crippen molar-refractivity contribution < 1.29 is 19.0 Å². The fourth-order valence-corrected chi connectivity index (χ4v) is 3.08. The van der Waals surface area contributed by atoms with Gasteiger partial charge in [-0.25, -0.2) is 0 Å². The van der Waals surface area contributed by atoms with E-state index in [4.69, 9.17) is 14.2 Å². The zero-order valence-electron chi connectivity index (χ0n) is 10.2. The third-order valence-electron chi connectivity index (χ3n) is 4.20. The van der Waals surface area contributed by atoms with Gasteiger partial charge in [-0.3, -0.25) is 4.79 Å². The molecule has 0 amide bonds. The summed E-state index contributed by atoms with van der Waals surface area (Å²) >= 11 is 0. The summed E-state index contributed by atoms with van der Waals surface area (Å²) in [6.45, 7) is 4.32. The predicted molar refractivity (Wildman–Crippen MR) is 60.1 cm³/mol. The van der Waals surface area contributed by atoms with Gasteiger partial charge in [0.05, 0.1) is 12.0 Å². The zero-order valence-corrected chi connectivity index (χ0v) is 10.2. The van der Waals surface area contributed by atoms with Gasteiger partial charge in [-0.15, -0.1) is 0 Å². The van der Waals surface area contributed by atoms with Gasteiger partial charge >= 0.3 is 5.97 Å². The van der Waals surface area contributed by atoms with Gasteiger partial charge in [0.1, 0.15) is 6.10 Å². The molecule has 0 unspecified atom stereocenters. The number of carbonyl (C=O) groups is 1. The topological polar surface area (TPSA) is 44.8 Å².